The summed E-state index contributed by atoms with van der Waals surface area (Å²) in [5, 5.41) is 0. The first-order chi connectivity index (χ1) is 8.95. The minimum atomic E-state index is -3.48. The van der Waals surface area contributed by atoms with Gasteiger partial charge in [-0.25, -0.2) is 0 Å². The first-order valence-electron chi connectivity index (χ1n) is 6.54. The van der Waals surface area contributed by atoms with Gasteiger partial charge in [-0.3, -0.25) is 4.31 Å². The van der Waals surface area contributed by atoms with Crippen molar-refractivity contribution in [1.29, 1.82) is 0 Å². The number of nitrogens with one attached hydrogen (secondary N) is 1. The second-order valence-electron chi connectivity index (χ2n) is 5.14. The van der Waals surface area contributed by atoms with Gasteiger partial charge in [0.05, 0.1) is 5.69 Å². The number of benzene rings is 1. The summed E-state index contributed by atoms with van der Waals surface area (Å²) < 4.78 is 28.8. The smallest absolute Gasteiger partial charge is 0.301 e. The van der Waals surface area contributed by atoms with Gasteiger partial charge in [0.2, 0.25) is 0 Å². The fraction of sp³-hybridized carbons (Fsp3) is 0.538. The zero-order valence-corrected chi connectivity index (χ0v) is 12.2. The Morgan fingerprint density at radius 3 is 2.74 bits per heavy atom. The van der Waals surface area contributed by atoms with Crippen LogP contribution in [-0.4, -0.2) is 27.5 Å². The zero-order chi connectivity index (χ0) is 14.0. The van der Waals surface area contributed by atoms with Crippen molar-refractivity contribution in [3.05, 3.63) is 29.8 Å². The molecule has 1 unspecified atom stereocenters. The summed E-state index contributed by atoms with van der Waals surface area (Å²) >= 11 is 0. The Balaban J connectivity index is 2.35. The first-order valence-corrected chi connectivity index (χ1v) is 7.98. The van der Waals surface area contributed by atoms with Crippen LogP contribution in [0, 0.1) is 0 Å². The predicted octanol–water partition coefficient (Wildman–Crippen LogP) is 1.18. The summed E-state index contributed by atoms with van der Waals surface area (Å²) in [6.45, 7) is 4.66. The average molecular weight is 283 g/mol. The second kappa shape index (κ2) is 5.48. The quantitative estimate of drug-likeness (QED) is 0.852. The van der Waals surface area contributed by atoms with Crippen LogP contribution < -0.4 is 14.8 Å². The van der Waals surface area contributed by atoms with Gasteiger partial charge < -0.3 is 5.73 Å². The third-order valence-electron chi connectivity index (χ3n) is 3.22. The molecule has 0 saturated heterocycles. The van der Waals surface area contributed by atoms with E-state index in [4.69, 9.17) is 5.73 Å². The van der Waals surface area contributed by atoms with E-state index in [1.807, 2.05) is 38.1 Å². The molecule has 1 aromatic rings. The van der Waals surface area contributed by atoms with Crippen LogP contribution in [0.25, 0.3) is 0 Å². The minimum Gasteiger partial charge on any atom is -0.330 e. The lowest BCUT2D eigenvalue weighted by Gasteiger charge is -2.21. The summed E-state index contributed by atoms with van der Waals surface area (Å²) in [7, 11) is -3.48. The number of nitrogens with zero attached hydrogens (tertiary/aromatic N) is 1. The Kier molecular flexibility index (Phi) is 4.13. The van der Waals surface area contributed by atoms with E-state index in [0.29, 0.717) is 13.1 Å². The molecular weight excluding hydrogens is 262 g/mol. The second-order valence-corrected chi connectivity index (χ2v) is 6.77. The van der Waals surface area contributed by atoms with Crippen LogP contribution >= 0.6 is 0 Å². The first kappa shape index (κ1) is 14.3. The molecule has 2 rings (SSSR count). The van der Waals surface area contributed by atoms with E-state index in [1.165, 1.54) is 4.31 Å². The average Bonchev–Trinajstić information content (AvgIpc) is 2.68. The van der Waals surface area contributed by atoms with E-state index in [2.05, 4.69) is 4.72 Å². The van der Waals surface area contributed by atoms with Crippen LogP contribution in [0.2, 0.25) is 0 Å². The van der Waals surface area contributed by atoms with Gasteiger partial charge in [-0.15, -0.1) is 0 Å². The van der Waals surface area contributed by atoms with Crippen LogP contribution in [0.5, 0.6) is 0 Å². The highest BCUT2D eigenvalue weighted by Crippen LogP contribution is 2.38. The van der Waals surface area contributed by atoms with Crippen molar-refractivity contribution in [2.45, 2.75) is 32.2 Å². The van der Waals surface area contributed by atoms with Gasteiger partial charge in [-0.05, 0) is 38.4 Å². The van der Waals surface area contributed by atoms with E-state index >= 15 is 0 Å². The molecule has 0 bridgehead atoms. The zero-order valence-electron chi connectivity index (χ0n) is 11.3. The highest BCUT2D eigenvalue weighted by atomic mass is 32.2. The molecule has 1 heterocycles. The van der Waals surface area contributed by atoms with Crippen LogP contribution in [0.4, 0.5) is 5.69 Å². The summed E-state index contributed by atoms with van der Waals surface area (Å²) in [6.07, 6.45) is 0.796. The number of hydrogen-bond donors (Lipinski definition) is 2. The molecule has 0 spiro atoms. The largest absolute Gasteiger partial charge is 0.330 e. The van der Waals surface area contributed by atoms with Crippen molar-refractivity contribution in [3.63, 3.8) is 0 Å². The molecule has 5 nitrogen and oxygen atoms in total. The van der Waals surface area contributed by atoms with Crippen molar-refractivity contribution in [1.82, 2.24) is 4.72 Å². The third-order valence-corrected chi connectivity index (χ3v) is 4.92. The minimum absolute atomic E-state index is 0.120. The monoisotopic (exact) mass is 283 g/mol. The summed E-state index contributed by atoms with van der Waals surface area (Å²) in [4.78, 5) is 0. The van der Waals surface area contributed by atoms with E-state index in [1.54, 1.807) is 0 Å². The summed E-state index contributed by atoms with van der Waals surface area (Å²) in [5.74, 6) is 0.185. The highest BCUT2D eigenvalue weighted by molar-refractivity contribution is 7.90. The van der Waals surface area contributed by atoms with Crippen molar-refractivity contribution < 1.29 is 8.42 Å². The Labute approximate surface area is 115 Å². The number of hydrogen-bond acceptors (Lipinski definition) is 3. The fourth-order valence-electron chi connectivity index (χ4n) is 2.49. The number of rotatable bonds is 5. The Bertz CT molecular complexity index is 543. The van der Waals surface area contributed by atoms with Gasteiger partial charge in [0.25, 0.3) is 0 Å². The van der Waals surface area contributed by atoms with Crippen LogP contribution in [0.15, 0.2) is 24.3 Å². The molecule has 0 radical (unpaired) electrons. The number of fused-ring (bicyclic) bond motifs is 1. The molecule has 1 atom stereocenters. The SMILES string of the molecule is CC(C)NS(=O)(=O)N1CC(CCN)c2ccccc21. The van der Waals surface area contributed by atoms with Gasteiger partial charge in [0.15, 0.2) is 0 Å². The number of anilines is 1. The molecule has 3 N–H and O–H groups in total. The lowest BCUT2D eigenvalue weighted by molar-refractivity contribution is 0.561. The van der Waals surface area contributed by atoms with Crippen molar-refractivity contribution >= 4 is 15.9 Å². The Morgan fingerprint density at radius 2 is 2.11 bits per heavy atom. The third kappa shape index (κ3) is 2.91. The molecule has 1 aromatic carbocycles. The molecular formula is C13H21N3O2S. The Hall–Kier alpha value is -1.11. The standard InChI is InChI=1S/C13H21N3O2S/c1-10(2)15-19(17,18)16-9-11(7-8-14)12-5-3-4-6-13(12)16/h3-6,10-11,15H,7-9,14H2,1-2H3. The van der Waals surface area contributed by atoms with Crippen molar-refractivity contribution in [2.75, 3.05) is 17.4 Å². The van der Waals surface area contributed by atoms with Crippen molar-refractivity contribution in [3.8, 4) is 0 Å². The summed E-state index contributed by atoms with van der Waals surface area (Å²) in [5.41, 5.74) is 7.46. The molecule has 0 amide bonds. The molecule has 1 aliphatic heterocycles. The van der Waals surface area contributed by atoms with Gasteiger partial charge in [0.1, 0.15) is 0 Å². The lowest BCUT2D eigenvalue weighted by Crippen LogP contribution is -2.43. The van der Waals surface area contributed by atoms with Crippen LogP contribution in [0.3, 0.4) is 0 Å². The molecule has 19 heavy (non-hydrogen) atoms. The number of nitrogens with two attached hydrogens (primary N) is 1. The van der Waals surface area contributed by atoms with E-state index < -0.39 is 10.2 Å². The maximum atomic E-state index is 12.3. The normalized spacial score (nSPS) is 18.9. The van der Waals surface area contributed by atoms with Gasteiger partial charge in [-0.1, -0.05) is 18.2 Å². The fourth-order valence-corrected chi connectivity index (χ4v) is 4.02. The molecule has 1 aliphatic rings. The van der Waals surface area contributed by atoms with E-state index in [9.17, 15) is 8.42 Å². The molecule has 6 heteroatoms. The molecule has 0 saturated carbocycles. The van der Waals surface area contributed by atoms with E-state index in [-0.39, 0.29) is 12.0 Å². The maximum absolute atomic E-state index is 12.3. The maximum Gasteiger partial charge on any atom is 0.301 e. The lowest BCUT2D eigenvalue weighted by atomic mass is 9.98. The Morgan fingerprint density at radius 1 is 1.42 bits per heavy atom. The van der Waals surface area contributed by atoms with Gasteiger partial charge >= 0.3 is 10.2 Å². The predicted molar refractivity (Wildman–Crippen MR) is 77.4 cm³/mol. The van der Waals surface area contributed by atoms with E-state index in [0.717, 1.165) is 17.7 Å². The van der Waals surface area contributed by atoms with Crippen molar-refractivity contribution in [2.24, 2.45) is 5.73 Å². The van der Waals surface area contributed by atoms with Gasteiger partial charge in [0, 0.05) is 18.5 Å². The van der Waals surface area contributed by atoms with Crippen LogP contribution in [-0.2, 0) is 10.2 Å². The van der Waals surface area contributed by atoms with Gasteiger partial charge in [-0.2, -0.15) is 13.1 Å². The highest BCUT2D eigenvalue weighted by Gasteiger charge is 2.35. The summed E-state index contributed by atoms with van der Waals surface area (Å²) in [6, 6.07) is 7.52. The molecule has 0 aliphatic carbocycles. The molecule has 0 fully saturated rings. The molecule has 0 aromatic heterocycles. The number of para-hydroxylation sites is 1. The topological polar surface area (TPSA) is 75.4 Å². The van der Waals surface area contributed by atoms with Crippen LogP contribution in [0.1, 0.15) is 31.7 Å². The molecule has 106 valence electrons.